The van der Waals surface area contributed by atoms with Crippen molar-refractivity contribution in [1.82, 2.24) is 0 Å². The van der Waals surface area contributed by atoms with Gasteiger partial charge in [0.15, 0.2) is 0 Å². The van der Waals surface area contributed by atoms with Gasteiger partial charge in [-0.15, -0.1) is 0 Å². The predicted octanol–water partition coefficient (Wildman–Crippen LogP) is 2.13. The molecular formula is C4H3ClF3. The van der Waals surface area contributed by atoms with Crippen molar-refractivity contribution in [3.8, 4) is 0 Å². The quantitative estimate of drug-likeness (QED) is 0.456. The van der Waals surface area contributed by atoms with Crippen LogP contribution in [-0.2, 0) is 0 Å². The second-order valence-electron chi connectivity index (χ2n) is 1.74. The molecule has 4 heteroatoms. The maximum Gasteiger partial charge on any atom is 0.298 e. The van der Waals surface area contributed by atoms with E-state index in [-0.39, 0.29) is 6.42 Å². The van der Waals surface area contributed by atoms with Gasteiger partial charge in [-0.2, -0.15) is 0 Å². The molecule has 1 unspecified atom stereocenters. The molecule has 0 amide bonds. The summed E-state index contributed by atoms with van der Waals surface area (Å²) < 4.78 is 35.5. The van der Waals surface area contributed by atoms with Crippen molar-refractivity contribution >= 4 is 11.6 Å². The smallest absolute Gasteiger partial charge is 0.220 e. The van der Waals surface area contributed by atoms with Crippen LogP contribution in [0, 0.1) is 6.42 Å². The summed E-state index contributed by atoms with van der Waals surface area (Å²) in [4.78, 5) is 0. The largest absolute Gasteiger partial charge is 0.298 e. The SMILES string of the molecule is FC1(F)[CH]CC1(F)Cl. The molecule has 0 nitrogen and oxygen atoms in total. The summed E-state index contributed by atoms with van der Waals surface area (Å²) in [5, 5.41) is -2.80. The third-order valence-electron chi connectivity index (χ3n) is 1.10. The van der Waals surface area contributed by atoms with Crippen LogP contribution in [0.25, 0.3) is 0 Å². The highest BCUT2D eigenvalue weighted by molar-refractivity contribution is 6.24. The molecule has 47 valence electrons. The Morgan fingerprint density at radius 3 is 1.75 bits per heavy atom. The van der Waals surface area contributed by atoms with E-state index in [1.54, 1.807) is 0 Å². The molecule has 0 bridgehead atoms. The summed E-state index contributed by atoms with van der Waals surface area (Å²) in [6, 6.07) is 0. The van der Waals surface area contributed by atoms with Crippen molar-refractivity contribution in [2.75, 3.05) is 0 Å². The second kappa shape index (κ2) is 1.32. The van der Waals surface area contributed by atoms with Gasteiger partial charge in [-0.1, -0.05) is 11.6 Å². The van der Waals surface area contributed by atoms with Gasteiger partial charge in [0.05, 0.1) is 0 Å². The van der Waals surface area contributed by atoms with E-state index in [1.165, 1.54) is 0 Å². The average molecular weight is 144 g/mol. The number of hydrogen-bond donors (Lipinski definition) is 0. The molecule has 0 saturated heterocycles. The van der Waals surface area contributed by atoms with E-state index in [2.05, 4.69) is 11.6 Å². The first-order valence-electron chi connectivity index (χ1n) is 2.06. The summed E-state index contributed by atoms with van der Waals surface area (Å²) in [5.41, 5.74) is 0. The van der Waals surface area contributed by atoms with E-state index in [0.717, 1.165) is 0 Å². The van der Waals surface area contributed by atoms with Crippen LogP contribution in [-0.4, -0.2) is 11.1 Å². The highest BCUT2D eigenvalue weighted by Crippen LogP contribution is 2.51. The minimum absolute atomic E-state index is 0.360. The molecule has 1 aliphatic carbocycles. The fourth-order valence-electron chi connectivity index (χ4n) is 0.411. The number of alkyl halides is 4. The Bertz CT molecular complexity index is 95.9. The van der Waals surface area contributed by atoms with E-state index in [1.807, 2.05) is 0 Å². The Labute approximate surface area is 49.6 Å². The van der Waals surface area contributed by atoms with Gasteiger partial charge in [0.25, 0.3) is 5.92 Å². The highest BCUT2D eigenvalue weighted by atomic mass is 35.5. The zero-order chi connectivity index (χ0) is 6.41. The Hall–Kier alpha value is 0.0800. The first kappa shape index (κ1) is 6.20. The third kappa shape index (κ3) is 0.607. The van der Waals surface area contributed by atoms with Crippen LogP contribution < -0.4 is 0 Å². The summed E-state index contributed by atoms with van der Waals surface area (Å²) in [6.45, 7) is 0. The van der Waals surface area contributed by atoms with Gasteiger partial charge in [-0.05, 0) is 0 Å². The zero-order valence-electron chi connectivity index (χ0n) is 3.80. The Balaban J connectivity index is 2.63. The van der Waals surface area contributed by atoms with Gasteiger partial charge in [-0.3, -0.25) is 0 Å². The van der Waals surface area contributed by atoms with Gasteiger partial charge < -0.3 is 0 Å². The Morgan fingerprint density at radius 1 is 1.38 bits per heavy atom. The van der Waals surface area contributed by atoms with E-state index < -0.39 is 11.1 Å². The fraction of sp³-hybridized carbons (Fsp3) is 0.750. The minimum atomic E-state index is -3.41. The molecule has 0 heterocycles. The maximum absolute atomic E-state index is 12.0. The van der Waals surface area contributed by atoms with Gasteiger partial charge >= 0.3 is 0 Å². The van der Waals surface area contributed by atoms with E-state index >= 15 is 0 Å². The van der Waals surface area contributed by atoms with Crippen LogP contribution in [0.1, 0.15) is 6.42 Å². The molecule has 1 radical (unpaired) electrons. The lowest BCUT2D eigenvalue weighted by Crippen LogP contribution is -2.50. The molecule has 1 saturated carbocycles. The number of hydrogen-bond acceptors (Lipinski definition) is 0. The van der Waals surface area contributed by atoms with Gasteiger partial charge in [-0.25, -0.2) is 13.2 Å². The third-order valence-corrected chi connectivity index (χ3v) is 1.51. The molecule has 0 aromatic carbocycles. The van der Waals surface area contributed by atoms with Crippen LogP contribution in [0.4, 0.5) is 13.2 Å². The topological polar surface area (TPSA) is 0 Å². The molecule has 1 atom stereocenters. The average Bonchev–Trinajstić information content (AvgIpc) is 1.64. The normalized spacial score (nSPS) is 43.5. The summed E-state index contributed by atoms with van der Waals surface area (Å²) in [6.07, 6.45) is 0.196. The molecule has 1 rings (SSSR count). The van der Waals surface area contributed by atoms with Crippen molar-refractivity contribution in [1.29, 1.82) is 0 Å². The molecule has 0 aromatic rings. The van der Waals surface area contributed by atoms with Gasteiger partial charge in [0.2, 0.25) is 5.13 Å². The molecule has 0 N–H and O–H groups in total. The standard InChI is InChI=1S/C4H3ClF3/c5-3(6)1-2-4(3,7)8/h2H,1H2. The van der Waals surface area contributed by atoms with E-state index in [4.69, 9.17) is 0 Å². The minimum Gasteiger partial charge on any atom is -0.220 e. The lowest BCUT2D eigenvalue weighted by atomic mass is 9.92. The van der Waals surface area contributed by atoms with Crippen molar-refractivity contribution in [2.24, 2.45) is 0 Å². The van der Waals surface area contributed by atoms with Crippen LogP contribution in [0.3, 0.4) is 0 Å². The first-order valence-corrected chi connectivity index (χ1v) is 2.43. The Morgan fingerprint density at radius 2 is 1.75 bits per heavy atom. The van der Waals surface area contributed by atoms with Crippen LogP contribution >= 0.6 is 11.6 Å². The van der Waals surface area contributed by atoms with Crippen molar-refractivity contribution < 1.29 is 13.2 Å². The van der Waals surface area contributed by atoms with E-state index in [0.29, 0.717) is 6.42 Å². The highest BCUT2D eigenvalue weighted by Gasteiger charge is 2.62. The molecule has 1 aliphatic rings. The number of halogens is 4. The molecule has 0 aliphatic heterocycles. The van der Waals surface area contributed by atoms with Crippen molar-refractivity contribution in [3.63, 3.8) is 0 Å². The van der Waals surface area contributed by atoms with Crippen molar-refractivity contribution in [3.05, 3.63) is 6.42 Å². The van der Waals surface area contributed by atoms with Crippen LogP contribution in [0.15, 0.2) is 0 Å². The number of rotatable bonds is 0. The second-order valence-corrected chi connectivity index (χ2v) is 2.33. The summed E-state index contributed by atoms with van der Waals surface area (Å²) in [7, 11) is 0. The molecule has 1 fully saturated rings. The molecule has 0 aromatic heterocycles. The molecule has 0 spiro atoms. The maximum atomic E-state index is 12.0. The zero-order valence-corrected chi connectivity index (χ0v) is 4.55. The lowest BCUT2D eigenvalue weighted by molar-refractivity contribution is -0.118. The Kier molecular flexibility index (Phi) is 1.02. The fourth-order valence-corrected chi connectivity index (χ4v) is 0.565. The van der Waals surface area contributed by atoms with Crippen LogP contribution in [0.2, 0.25) is 0 Å². The van der Waals surface area contributed by atoms with Gasteiger partial charge in [0.1, 0.15) is 0 Å². The lowest BCUT2D eigenvalue weighted by Gasteiger charge is -2.36. The predicted molar refractivity (Wildman–Crippen MR) is 23.6 cm³/mol. The summed E-state index contributed by atoms with van der Waals surface area (Å²) >= 11 is 4.65. The van der Waals surface area contributed by atoms with Crippen LogP contribution in [0.5, 0.6) is 0 Å². The monoisotopic (exact) mass is 143 g/mol. The first-order chi connectivity index (χ1) is 3.46. The van der Waals surface area contributed by atoms with Gasteiger partial charge in [0, 0.05) is 12.8 Å². The molecular weight excluding hydrogens is 140 g/mol. The summed E-state index contributed by atoms with van der Waals surface area (Å²) in [5.74, 6) is -3.41. The molecule has 8 heavy (non-hydrogen) atoms. The van der Waals surface area contributed by atoms with Crippen molar-refractivity contribution in [2.45, 2.75) is 17.5 Å². The van der Waals surface area contributed by atoms with E-state index in [9.17, 15) is 13.2 Å².